The number of hydrogen-bond acceptors (Lipinski definition) is 4. The van der Waals surface area contributed by atoms with Crippen molar-refractivity contribution in [2.45, 2.75) is 31.7 Å². The van der Waals surface area contributed by atoms with Gasteiger partial charge in [-0.25, -0.2) is 4.98 Å². The van der Waals surface area contributed by atoms with Crippen molar-refractivity contribution in [1.29, 1.82) is 0 Å². The summed E-state index contributed by atoms with van der Waals surface area (Å²) in [6, 6.07) is 8.17. The molecule has 1 aromatic carbocycles. The highest BCUT2D eigenvalue weighted by molar-refractivity contribution is 5.78. The average Bonchev–Trinajstić information content (AvgIpc) is 3.32. The number of hydrogen-bond donors (Lipinski definition) is 0. The molecule has 0 spiro atoms. The minimum Gasteiger partial charge on any atom is -0.332 e. The Balaban J connectivity index is 1.54. The van der Waals surface area contributed by atoms with Crippen LogP contribution in [0.1, 0.15) is 37.0 Å². The predicted octanol–water partition coefficient (Wildman–Crippen LogP) is 2.00. The van der Waals surface area contributed by atoms with Crippen LogP contribution in [0, 0.1) is 0 Å². The molecule has 1 aliphatic rings. The van der Waals surface area contributed by atoms with E-state index in [2.05, 4.69) is 20.8 Å². The van der Waals surface area contributed by atoms with Crippen LogP contribution in [0.5, 0.6) is 0 Å². The maximum Gasteiger partial charge on any atom is 0.223 e. The number of amides is 1. The van der Waals surface area contributed by atoms with Crippen LogP contribution < -0.4 is 0 Å². The first-order valence-electron chi connectivity index (χ1n) is 8.69. The van der Waals surface area contributed by atoms with Gasteiger partial charge in [-0.2, -0.15) is 0 Å². The molecule has 0 saturated carbocycles. The molecular weight excluding hydrogens is 316 g/mol. The molecule has 25 heavy (non-hydrogen) atoms. The summed E-state index contributed by atoms with van der Waals surface area (Å²) in [5, 5.41) is 7.93. The lowest BCUT2D eigenvalue weighted by molar-refractivity contribution is -0.132. The molecule has 1 fully saturated rings. The van der Waals surface area contributed by atoms with Gasteiger partial charge in [-0.3, -0.25) is 4.79 Å². The van der Waals surface area contributed by atoms with Gasteiger partial charge in [0.15, 0.2) is 0 Å². The molecule has 130 valence electrons. The molecule has 0 radical (unpaired) electrons. The van der Waals surface area contributed by atoms with Crippen molar-refractivity contribution in [1.82, 2.24) is 29.2 Å². The quantitative estimate of drug-likeness (QED) is 0.730. The van der Waals surface area contributed by atoms with E-state index in [1.165, 1.54) is 0 Å². The SMILES string of the molecule is Cn1cnnc1CCC(=O)N1CCC[C@H]1c1nc2ccccc2n1C. The molecule has 3 heterocycles. The summed E-state index contributed by atoms with van der Waals surface area (Å²) in [5.74, 6) is 1.98. The molecule has 4 rings (SSSR count). The number of imidazole rings is 1. The van der Waals surface area contributed by atoms with E-state index in [1.807, 2.05) is 41.8 Å². The number of likely N-dealkylation sites (tertiary alicyclic amines) is 1. The molecule has 0 unspecified atom stereocenters. The van der Waals surface area contributed by atoms with Crippen LogP contribution in [0.15, 0.2) is 30.6 Å². The largest absolute Gasteiger partial charge is 0.332 e. The molecule has 1 atom stereocenters. The lowest BCUT2D eigenvalue weighted by Crippen LogP contribution is -2.32. The lowest BCUT2D eigenvalue weighted by atomic mass is 10.2. The van der Waals surface area contributed by atoms with Gasteiger partial charge in [-0.1, -0.05) is 12.1 Å². The standard InChI is InChI=1S/C18H22N6O/c1-22-12-19-21-16(22)9-10-17(25)24-11-5-8-15(24)18-20-13-6-3-4-7-14(13)23(18)2/h3-4,6-7,12,15H,5,8-11H2,1-2H3/t15-/m0/s1. The molecule has 7 nitrogen and oxygen atoms in total. The summed E-state index contributed by atoms with van der Waals surface area (Å²) in [5.41, 5.74) is 2.09. The lowest BCUT2D eigenvalue weighted by Gasteiger charge is -2.24. The first-order valence-corrected chi connectivity index (χ1v) is 8.69. The maximum absolute atomic E-state index is 12.8. The van der Waals surface area contributed by atoms with Crippen molar-refractivity contribution in [2.24, 2.45) is 14.1 Å². The monoisotopic (exact) mass is 338 g/mol. The molecule has 7 heteroatoms. The normalized spacial score (nSPS) is 17.5. The smallest absolute Gasteiger partial charge is 0.223 e. The van der Waals surface area contributed by atoms with Gasteiger partial charge in [-0.15, -0.1) is 10.2 Å². The van der Waals surface area contributed by atoms with Crippen molar-refractivity contribution >= 4 is 16.9 Å². The van der Waals surface area contributed by atoms with E-state index < -0.39 is 0 Å². The fraction of sp³-hybridized carbons (Fsp3) is 0.444. The zero-order chi connectivity index (χ0) is 17.4. The van der Waals surface area contributed by atoms with E-state index in [0.29, 0.717) is 12.8 Å². The van der Waals surface area contributed by atoms with E-state index in [4.69, 9.17) is 4.98 Å². The fourth-order valence-electron chi connectivity index (χ4n) is 3.69. The minimum absolute atomic E-state index is 0.0596. The van der Waals surface area contributed by atoms with Gasteiger partial charge in [0.25, 0.3) is 0 Å². The van der Waals surface area contributed by atoms with Crippen LogP contribution >= 0.6 is 0 Å². The Bertz CT molecular complexity index is 911. The second-order valence-corrected chi connectivity index (χ2v) is 6.62. The van der Waals surface area contributed by atoms with Crippen molar-refractivity contribution in [2.75, 3.05) is 6.54 Å². The summed E-state index contributed by atoms with van der Waals surface area (Å²) >= 11 is 0. The van der Waals surface area contributed by atoms with Crippen molar-refractivity contribution in [3.05, 3.63) is 42.2 Å². The van der Waals surface area contributed by atoms with E-state index >= 15 is 0 Å². The zero-order valence-corrected chi connectivity index (χ0v) is 14.6. The van der Waals surface area contributed by atoms with Gasteiger partial charge in [0.1, 0.15) is 18.0 Å². The van der Waals surface area contributed by atoms with Crippen LogP contribution in [-0.2, 0) is 25.3 Å². The van der Waals surface area contributed by atoms with E-state index in [1.54, 1.807) is 6.33 Å². The third kappa shape index (κ3) is 2.79. The highest BCUT2D eigenvalue weighted by atomic mass is 16.2. The molecule has 0 N–H and O–H groups in total. The number of carbonyl (C=O) groups is 1. The number of aryl methyl sites for hydroxylation is 3. The Hall–Kier alpha value is -2.70. The maximum atomic E-state index is 12.8. The van der Waals surface area contributed by atoms with Crippen molar-refractivity contribution in [3.8, 4) is 0 Å². The van der Waals surface area contributed by atoms with Crippen molar-refractivity contribution in [3.63, 3.8) is 0 Å². The van der Waals surface area contributed by atoms with Gasteiger partial charge in [0.2, 0.25) is 5.91 Å². The number of fused-ring (bicyclic) bond motifs is 1. The summed E-state index contributed by atoms with van der Waals surface area (Å²) in [7, 11) is 3.93. The number of rotatable bonds is 4. The van der Waals surface area contributed by atoms with Gasteiger partial charge in [0.05, 0.1) is 17.1 Å². The summed E-state index contributed by atoms with van der Waals surface area (Å²) in [6.07, 6.45) is 4.71. The second kappa shape index (κ2) is 6.31. The molecule has 1 amide bonds. The Morgan fingerprint density at radius 1 is 1.28 bits per heavy atom. The third-order valence-corrected chi connectivity index (χ3v) is 5.06. The Labute approximate surface area is 146 Å². The predicted molar refractivity (Wildman–Crippen MR) is 93.7 cm³/mol. The average molecular weight is 338 g/mol. The van der Waals surface area contributed by atoms with E-state index in [-0.39, 0.29) is 11.9 Å². The van der Waals surface area contributed by atoms with Gasteiger partial charge >= 0.3 is 0 Å². The molecule has 3 aromatic rings. The van der Waals surface area contributed by atoms with Crippen LogP contribution in [0.4, 0.5) is 0 Å². The van der Waals surface area contributed by atoms with E-state index in [9.17, 15) is 4.79 Å². The molecule has 2 aromatic heterocycles. The number of para-hydroxylation sites is 2. The van der Waals surface area contributed by atoms with Crippen LogP contribution in [0.25, 0.3) is 11.0 Å². The third-order valence-electron chi connectivity index (χ3n) is 5.06. The molecular formula is C18H22N6O. The topological polar surface area (TPSA) is 68.8 Å². The van der Waals surface area contributed by atoms with Crippen LogP contribution in [0.3, 0.4) is 0 Å². The molecule has 0 bridgehead atoms. The van der Waals surface area contributed by atoms with Gasteiger partial charge in [-0.05, 0) is 25.0 Å². The number of benzene rings is 1. The second-order valence-electron chi connectivity index (χ2n) is 6.62. The summed E-state index contributed by atoms with van der Waals surface area (Å²) in [6.45, 7) is 0.797. The molecule has 1 aliphatic heterocycles. The summed E-state index contributed by atoms with van der Waals surface area (Å²) < 4.78 is 3.98. The van der Waals surface area contributed by atoms with Gasteiger partial charge < -0.3 is 14.0 Å². The minimum atomic E-state index is 0.0596. The van der Waals surface area contributed by atoms with Gasteiger partial charge in [0, 0.05) is 33.5 Å². The Morgan fingerprint density at radius 3 is 2.88 bits per heavy atom. The Morgan fingerprint density at radius 2 is 2.12 bits per heavy atom. The number of nitrogens with zero attached hydrogens (tertiary/aromatic N) is 6. The first-order chi connectivity index (χ1) is 12.1. The van der Waals surface area contributed by atoms with Crippen LogP contribution in [-0.4, -0.2) is 41.7 Å². The summed E-state index contributed by atoms with van der Waals surface area (Å²) in [4.78, 5) is 19.6. The highest BCUT2D eigenvalue weighted by Gasteiger charge is 2.33. The molecule has 0 aliphatic carbocycles. The number of aromatic nitrogens is 5. The fourth-order valence-corrected chi connectivity index (χ4v) is 3.69. The van der Waals surface area contributed by atoms with E-state index in [0.717, 1.165) is 42.1 Å². The van der Waals surface area contributed by atoms with Crippen molar-refractivity contribution < 1.29 is 4.79 Å². The molecule has 1 saturated heterocycles. The Kier molecular flexibility index (Phi) is 3.99. The number of carbonyl (C=O) groups excluding carboxylic acids is 1. The van der Waals surface area contributed by atoms with Crippen LogP contribution in [0.2, 0.25) is 0 Å². The zero-order valence-electron chi connectivity index (χ0n) is 14.6. The first kappa shape index (κ1) is 15.8. The highest BCUT2D eigenvalue weighted by Crippen LogP contribution is 2.33.